The molecule has 0 atom stereocenters. The summed E-state index contributed by atoms with van der Waals surface area (Å²) in [7, 11) is -3.80. The minimum absolute atomic E-state index is 0.00459. The molecule has 0 unspecified atom stereocenters. The van der Waals surface area contributed by atoms with E-state index in [2.05, 4.69) is 19.8 Å². The van der Waals surface area contributed by atoms with Gasteiger partial charge in [-0.15, -0.1) is 0 Å². The Morgan fingerprint density at radius 3 is 2.71 bits per heavy atom. The van der Waals surface area contributed by atoms with Crippen LogP contribution in [0.3, 0.4) is 0 Å². The zero-order valence-electron chi connectivity index (χ0n) is 12.0. The second-order valence-corrected chi connectivity index (χ2v) is 6.93. The van der Waals surface area contributed by atoms with Crippen LogP contribution in [0.4, 0.5) is 0 Å². The molecule has 1 aliphatic carbocycles. The van der Waals surface area contributed by atoms with Crippen molar-refractivity contribution in [3.05, 3.63) is 12.0 Å². The number of hydrogen-bond acceptors (Lipinski definition) is 5. The van der Waals surface area contributed by atoms with E-state index in [0.717, 1.165) is 19.3 Å². The number of aromatic nitrogens is 2. The fourth-order valence-electron chi connectivity index (χ4n) is 2.63. The molecule has 0 aliphatic heterocycles. The average molecular weight is 315 g/mol. The van der Waals surface area contributed by atoms with Crippen LogP contribution in [-0.4, -0.2) is 35.0 Å². The maximum absolute atomic E-state index is 12.5. The van der Waals surface area contributed by atoms with Crippen molar-refractivity contribution in [3.63, 3.8) is 0 Å². The van der Waals surface area contributed by atoms with Gasteiger partial charge in [0.05, 0.1) is 11.7 Å². The molecule has 0 bridgehead atoms. The molecule has 0 saturated heterocycles. The summed E-state index contributed by atoms with van der Waals surface area (Å²) in [4.78, 5) is 6.76. The highest BCUT2D eigenvalue weighted by Crippen LogP contribution is 2.30. The Kier molecular flexibility index (Phi) is 4.52. The molecule has 5 N–H and O–H groups in total. The van der Waals surface area contributed by atoms with E-state index in [1.807, 2.05) is 6.92 Å². The Hall–Kier alpha value is -1.61. The van der Waals surface area contributed by atoms with Gasteiger partial charge in [0.25, 0.3) is 10.0 Å². The lowest BCUT2D eigenvalue weighted by atomic mass is 9.82. The number of hydrogen-bond donors (Lipinski definition) is 4. The Bertz CT molecular complexity index is 617. The summed E-state index contributed by atoms with van der Waals surface area (Å²) in [6.07, 6.45) is 5.56. The highest BCUT2D eigenvalue weighted by atomic mass is 32.2. The monoisotopic (exact) mass is 315 g/mol. The van der Waals surface area contributed by atoms with E-state index >= 15 is 0 Å². The summed E-state index contributed by atoms with van der Waals surface area (Å²) in [5.41, 5.74) is 4.72. The van der Waals surface area contributed by atoms with Crippen molar-refractivity contribution in [2.24, 2.45) is 10.9 Å². The standard InChI is InChI=1S/C12H21N5O3S/c1-2-9-14-8-10(15-9)21(19,20)17-12(11(13)16-18)6-4-3-5-7-12/h8,17-18H,2-7H2,1H3,(H2,13,16)(H,14,15). The maximum Gasteiger partial charge on any atom is 0.258 e. The molecule has 8 nitrogen and oxygen atoms in total. The highest BCUT2D eigenvalue weighted by Gasteiger charge is 2.41. The van der Waals surface area contributed by atoms with Crippen LogP contribution in [0.25, 0.3) is 0 Å². The van der Waals surface area contributed by atoms with Gasteiger partial charge in [-0.25, -0.2) is 13.4 Å². The van der Waals surface area contributed by atoms with Crippen LogP contribution in [0.15, 0.2) is 16.4 Å². The van der Waals surface area contributed by atoms with E-state index in [0.29, 0.717) is 25.1 Å². The van der Waals surface area contributed by atoms with Gasteiger partial charge < -0.3 is 15.9 Å². The van der Waals surface area contributed by atoms with Crippen molar-refractivity contribution in [3.8, 4) is 0 Å². The normalized spacial score (nSPS) is 19.6. The fraction of sp³-hybridized carbons (Fsp3) is 0.667. The number of sulfonamides is 1. The van der Waals surface area contributed by atoms with Gasteiger partial charge in [-0.05, 0) is 12.8 Å². The summed E-state index contributed by atoms with van der Waals surface area (Å²) in [5, 5.41) is 12.0. The molecule has 0 radical (unpaired) electrons. The van der Waals surface area contributed by atoms with Crippen LogP contribution >= 0.6 is 0 Å². The number of imidazole rings is 1. The quantitative estimate of drug-likeness (QED) is 0.275. The van der Waals surface area contributed by atoms with Crippen LogP contribution in [0, 0.1) is 0 Å². The largest absolute Gasteiger partial charge is 0.409 e. The lowest BCUT2D eigenvalue weighted by Crippen LogP contribution is -2.58. The number of nitrogens with one attached hydrogen (secondary N) is 2. The van der Waals surface area contributed by atoms with Gasteiger partial charge in [0.15, 0.2) is 10.9 Å². The molecule has 21 heavy (non-hydrogen) atoms. The van der Waals surface area contributed by atoms with Gasteiger partial charge >= 0.3 is 0 Å². The molecule has 2 rings (SSSR count). The predicted octanol–water partition coefficient (Wildman–Crippen LogP) is 0.700. The molecule has 0 spiro atoms. The Morgan fingerprint density at radius 2 is 2.19 bits per heavy atom. The van der Waals surface area contributed by atoms with Gasteiger partial charge in [-0.3, -0.25) is 0 Å². The lowest BCUT2D eigenvalue weighted by Gasteiger charge is -2.36. The summed E-state index contributed by atoms with van der Waals surface area (Å²) >= 11 is 0. The van der Waals surface area contributed by atoms with E-state index in [4.69, 9.17) is 10.9 Å². The van der Waals surface area contributed by atoms with E-state index in [9.17, 15) is 8.42 Å². The van der Waals surface area contributed by atoms with Crippen LogP contribution in [0.1, 0.15) is 44.9 Å². The number of H-pyrrole nitrogens is 1. The second kappa shape index (κ2) is 6.02. The first-order valence-electron chi connectivity index (χ1n) is 6.99. The highest BCUT2D eigenvalue weighted by molar-refractivity contribution is 7.89. The molecule has 1 aromatic rings. The Balaban J connectivity index is 2.31. The third kappa shape index (κ3) is 3.18. The van der Waals surface area contributed by atoms with Gasteiger partial charge in [-0.2, -0.15) is 4.72 Å². The molecule has 1 saturated carbocycles. The fourth-order valence-corrected chi connectivity index (χ4v) is 4.01. The van der Waals surface area contributed by atoms with E-state index in [1.54, 1.807) is 0 Å². The van der Waals surface area contributed by atoms with E-state index < -0.39 is 15.6 Å². The summed E-state index contributed by atoms with van der Waals surface area (Å²) < 4.78 is 27.6. The van der Waals surface area contributed by atoms with Gasteiger partial charge in [0.1, 0.15) is 5.82 Å². The lowest BCUT2D eigenvalue weighted by molar-refractivity contribution is 0.293. The SMILES string of the molecule is CCc1ncc(S(=O)(=O)NC2(C(N)=NO)CCCCC2)[nH]1. The zero-order chi connectivity index (χ0) is 15.5. The van der Waals surface area contributed by atoms with E-state index in [-0.39, 0.29) is 10.9 Å². The minimum Gasteiger partial charge on any atom is -0.409 e. The first-order valence-corrected chi connectivity index (χ1v) is 8.48. The average Bonchev–Trinajstić information content (AvgIpc) is 2.96. The first kappa shape index (κ1) is 15.8. The Labute approximate surface area is 123 Å². The maximum atomic E-state index is 12.5. The number of aryl methyl sites for hydroxylation is 1. The second-order valence-electron chi connectivity index (χ2n) is 5.28. The van der Waals surface area contributed by atoms with Crippen LogP contribution in [0.5, 0.6) is 0 Å². The smallest absolute Gasteiger partial charge is 0.258 e. The van der Waals surface area contributed by atoms with Gasteiger partial charge in [-0.1, -0.05) is 31.3 Å². The van der Waals surface area contributed by atoms with Crippen molar-refractivity contribution in [2.45, 2.75) is 56.0 Å². The number of amidine groups is 1. The summed E-state index contributed by atoms with van der Waals surface area (Å²) in [6.45, 7) is 1.88. The van der Waals surface area contributed by atoms with Crippen LogP contribution < -0.4 is 10.5 Å². The number of rotatable bonds is 5. The van der Waals surface area contributed by atoms with E-state index in [1.165, 1.54) is 6.20 Å². The van der Waals surface area contributed by atoms with Crippen LogP contribution in [0.2, 0.25) is 0 Å². The van der Waals surface area contributed by atoms with Gasteiger partial charge in [0, 0.05) is 6.42 Å². The molecular weight excluding hydrogens is 294 g/mol. The van der Waals surface area contributed by atoms with Crippen molar-refractivity contribution >= 4 is 15.9 Å². The number of aromatic amines is 1. The molecule has 0 aromatic carbocycles. The minimum atomic E-state index is -3.80. The van der Waals surface area contributed by atoms with Crippen molar-refractivity contribution in [1.82, 2.24) is 14.7 Å². The molecule has 1 heterocycles. The topological polar surface area (TPSA) is 133 Å². The molecule has 1 aromatic heterocycles. The predicted molar refractivity (Wildman–Crippen MR) is 77.5 cm³/mol. The number of nitrogens with zero attached hydrogens (tertiary/aromatic N) is 2. The molecule has 0 amide bonds. The zero-order valence-corrected chi connectivity index (χ0v) is 12.8. The molecule has 1 aliphatic rings. The summed E-state index contributed by atoms with van der Waals surface area (Å²) in [5.74, 6) is 0.498. The molecular formula is C12H21N5O3S. The third-order valence-corrected chi connectivity index (χ3v) is 5.31. The number of oxime groups is 1. The molecule has 9 heteroatoms. The first-order chi connectivity index (χ1) is 9.93. The number of nitrogens with two attached hydrogens (primary N) is 1. The van der Waals surface area contributed by atoms with Crippen molar-refractivity contribution in [1.29, 1.82) is 0 Å². The Morgan fingerprint density at radius 1 is 1.52 bits per heavy atom. The molecule has 118 valence electrons. The summed E-state index contributed by atoms with van der Waals surface area (Å²) in [6, 6.07) is 0. The van der Waals surface area contributed by atoms with Gasteiger partial charge in [0.2, 0.25) is 0 Å². The third-order valence-electron chi connectivity index (χ3n) is 3.86. The van der Waals surface area contributed by atoms with Crippen LogP contribution in [-0.2, 0) is 16.4 Å². The molecule has 1 fully saturated rings. The van der Waals surface area contributed by atoms with Crippen molar-refractivity contribution < 1.29 is 13.6 Å². The van der Waals surface area contributed by atoms with Crippen molar-refractivity contribution in [2.75, 3.05) is 0 Å².